The number of carbonyl (C=O) groups excluding carboxylic acids is 2. The van der Waals surface area contributed by atoms with Crippen molar-refractivity contribution in [3.63, 3.8) is 0 Å². The molecule has 0 bridgehead atoms. The number of hydrogen-bond acceptors (Lipinski definition) is 4. The minimum Gasteiger partial charge on any atom is -0.497 e. The van der Waals surface area contributed by atoms with Crippen molar-refractivity contribution in [3.05, 3.63) is 59.7 Å². The van der Waals surface area contributed by atoms with Crippen molar-refractivity contribution >= 4 is 17.7 Å². The average Bonchev–Trinajstić information content (AvgIpc) is 2.62. The lowest BCUT2D eigenvalue weighted by atomic mass is 10.1. The van der Waals surface area contributed by atoms with Gasteiger partial charge in [0.1, 0.15) is 5.75 Å². The molecule has 0 aliphatic heterocycles. The molecule has 2 rings (SSSR count). The van der Waals surface area contributed by atoms with E-state index in [0.29, 0.717) is 24.2 Å². The topological polar surface area (TPSA) is 76.7 Å². The lowest BCUT2D eigenvalue weighted by Gasteiger charge is -2.09. The average molecular weight is 328 g/mol. The molecule has 126 valence electrons. The van der Waals surface area contributed by atoms with Crippen LogP contribution >= 0.6 is 0 Å². The van der Waals surface area contributed by atoms with E-state index in [0.717, 1.165) is 11.3 Å². The molecular formula is C18H20N2O4. The summed E-state index contributed by atoms with van der Waals surface area (Å²) in [4.78, 5) is 23.2. The van der Waals surface area contributed by atoms with Gasteiger partial charge in [0.2, 0.25) is 0 Å². The van der Waals surface area contributed by atoms with Gasteiger partial charge in [0, 0.05) is 12.2 Å². The molecule has 0 atom stereocenters. The van der Waals surface area contributed by atoms with Crippen LogP contribution in [0.25, 0.3) is 0 Å². The minimum atomic E-state index is -0.413. The van der Waals surface area contributed by atoms with E-state index in [9.17, 15) is 9.59 Å². The molecule has 0 unspecified atom stereocenters. The number of nitrogens with one attached hydrogen (secondary N) is 2. The molecule has 2 aromatic carbocycles. The Bertz CT molecular complexity index is 698. The third-order valence-electron chi connectivity index (χ3n) is 3.40. The molecule has 0 fully saturated rings. The summed E-state index contributed by atoms with van der Waals surface area (Å²) in [6.45, 7) is 0.499. The zero-order chi connectivity index (χ0) is 17.4. The molecular weight excluding hydrogens is 308 g/mol. The monoisotopic (exact) mass is 328 g/mol. The first kappa shape index (κ1) is 17.3. The SMILES string of the molecule is COC(=O)c1ccc(NC(=O)NCCc2cccc(OC)c2)cc1. The van der Waals surface area contributed by atoms with Crippen LogP contribution in [0.3, 0.4) is 0 Å². The molecule has 6 heteroatoms. The number of esters is 1. The molecule has 2 amide bonds. The smallest absolute Gasteiger partial charge is 0.337 e. The number of hydrogen-bond donors (Lipinski definition) is 2. The number of carbonyl (C=O) groups is 2. The van der Waals surface area contributed by atoms with E-state index in [-0.39, 0.29) is 6.03 Å². The predicted molar refractivity (Wildman–Crippen MR) is 91.5 cm³/mol. The van der Waals surface area contributed by atoms with Crippen molar-refractivity contribution in [2.24, 2.45) is 0 Å². The summed E-state index contributed by atoms with van der Waals surface area (Å²) in [7, 11) is 2.94. The van der Waals surface area contributed by atoms with E-state index in [2.05, 4.69) is 15.4 Å². The fourth-order valence-corrected chi connectivity index (χ4v) is 2.13. The van der Waals surface area contributed by atoms with Gasteiger partial charge in [-0.15, -0.1) is 0 Å². The van der Waals surface area contributed by atoms with Crippen molar-refractivity contribution in [2.45, 2.75) is 6.42 Å². The van der Waals surface area contributed by atoms with Gasteiger partial charge in [-0.1, -0.05) is 12.1 Å². The van der Waals surface area contributed by atoms with E-state index < -0.39 is 5.97 Å². The zero-order valence-corrected chi connectivity index (χ0v) is 13.7. The van der Waals surface area contributed by atoms with E-state index in [1.54, 1.807) is 31.4 Å². The van der Waals surface area contributed by atoms with Crippen molar-refractivity contribution in [3.8, 4) is 5.75 Å². The zero-order valence-electron chi connectivity index (χ0n) is 13.7. The van der Waals surface area contributed by atoms with Crippen LogP contribution in [0.1, 0.15) is 15.9 Å². The fourth-order valence-electron chi connectivity index (χ4n) is 2.13. The van der Waals surface area contributed by atoms with E-state index in [1.165, 1.54) is 7.11 Å². The van der Waals surface area contributed by atoms with Crippen LogP contribution in [-0.4, -0.2) is 32.8 Å². The largest absolute Gasteiger partial charge is 0.497 e. The highest BCUT2D eigenvalue weighted by Crippen LogP contribution is 2.13. The molecule has 0 aromatic heterocycles. The second kappa shape index (κ2) is 8.57. The van der Waals surface area contributed by atoms with Gasteiger partial charge in [-0.2, -0.15) is 0 Å². The third-order valence-corrected chi connectivity index (χ3v) is 3.40. The molecule has 0 heterocycles. The third kappa shape index (κ3) is 5.01. The van der Waals surface area contributed by atoms with Gasteiger partial charge in [-0.3, -0.25) is 0 Å². The number of ether oxygens (including phenoxy) is 2. The van der Waals surface area contributed by atoms with Crippen molar-refractivity contribution < 1.29 is 19.1 Å². The molecule has 0 aliphatic carbocycles. The Morgan fingerprint density at radius 1 is 1.04 bits per heavy atom. The molecule has 24 heavy (non-hydrogen) atoms. The molecule has 2 N–H and O–H groups in total. The lowest BCUT2D eigenvalue weighted by Crippen LogP contribution is -2.30. The minimum absolute atomic E-state index is 0.302. The van der Waals surface area contributed by atoms with Crippen LogP contribution in [0.5, 0.6) is 5.75 Å². The lowest BCUT2D eigenvalue weighted by molar-refractivity contribution is 0.0600. The molecule has 0 saturated heterocycles. The number of methoxy groups -OCH3 is 2. The summed E-state index contributed by atoms with van der Waals surface area (Å²) < 4.78 is 9.78. The number of rotatable bonds is 6. The summed E-state index contributed by atoms with van der Waals surface area (Å²) >= 11 is 0. The van der Waals surface area contributed by atoms with E-state index in [4.69, 9.17) is 4.74 Å². The maximum absolute atomic E-state index is 11.9. The van der Waals surface area contributed by atoms with Crippen LogP contribution in [0.2, 0.25) is 0 Å². The molecule has 0 aliphatic rings. The molecule has 0 radical (unpaired) electrons. The fraction of sp³-hybridized carbons (Fsp3) is 0.222. The van der Waals surface area contributed by atoms with Gasteiger partial charge in [-0.25, -0.2) is 9.59 Å². The Morgan fingerprint density at radius 2 is 1.79 bits per heavy atom. The maximum Gasteiger partial charge on any atom is 0.337 e. The number of benzene rings is 2. The van der Waals surface area contributed by atoms with Gasteiger partial charge in [0.15, 0.2) is 0 Å². The first-order chi connectivity index (χ1) is 11.6. The standard InChI is InChI=1S/C18H20N2O4/c1-23-16-5-3-4-13(12-16)10-11-19-18(22)20-15-8-6-14(7-9-15)17(21)24-2/h3-9,12H,10-11H2,1-2H3,(H2,19,20,22). The summed E-state index contributed by atoms with van der Waals surface area (Å²) in [5.74, 6) is 0.381. The number of anilines is 1. The Hall–Kier alpha value is -3.02. The maximum atomic E-state index is 11.9. The summed E-state index contributed by atoms with van der Waals surface area (Å²) in [6, 6.07) is 13.9. The van der Waals surface area contributed by atoms with Gasteiger partial charge in [-0.05, 0) is 48.4 Å². The van der Waals surface area contributed by atoms with E-state index >= 15 is 0 Å². The van der Waals surface area contributed by atoms with Crippen LogP contribution in [-0.2, 0) is 11.2 Å². The molecule has 6 nitrogen and oxygen atoms in total. The van der Waals surface area contributed by atoms with Crippen molar-refractivity contribution in [1.82, 2.24) is 5.32 Å². The Kier molecular flexibility index (Phi) is 6.19. The Labute approximate surface area is 140 Å². The number of urea groups is 1. The number of amides is 2. The summed E-state index contributed by atoms with van der Waals surface area (Å²) in [5.41, 5.74) is 2.11. The van der Waals surface area contributed by atoms with Crippen molar-refractivity contribution in [1.29, 1.82) is 0 Å². The highest BCUT2D eigenvalue weighted by Gasteiger charge is 2.06. The Balaban J connectivity index is 1.79. The summed E-state index contributed by atoms with van der Waals surface area (Å²) in [6.07, 6.45) is 0.700. The first-order valence-electron chi connectivity index (χ1n) is 7.48. The van der Waals surface area contributed by atoms with Gasteiger partial charge < -0.3 is 20.1 Å². The summed E-state index contributed by atoms with van der Waals surface area (Å²) in [5, 5.41) is 5.49. The van der Waals surface area contributed by atoms with E-state index in [1.807, 2.05) is 24.3 Å². The highest BCUT2D eigenvalue weighted by atomic mass is 16.5. The van der Waals surface area contributed by atoms with Crippen molar-refractivity contribution in [2.75, 3.05) is 26.1 Å². The predicted octanol–water partition coefficient (Wildman–Crippen LogP) is 2.85. The quantitative estimate of drug-likeness (QED) is 0.800. The molecule has 0 spiro atoms. The van der Waals surface area contributed by atoms with Crippen LogP contribution < -0.4 is 15.4 Å². The normalized spacial score (nSPS) is 9.92. The second-order valence-electron chi connectivity index (χ2n) is 5.05. The molecule has 2 aromatic rings. The Morgan fingerprint density at radius 3 is 2.46 bits per heavy atom. The van der Waals surface area contributed by atoms with Gasteiger partial charge >= 0.3 is 12.0 Å². The molecule has 0 saturated carbocycles. The van der Waals surface area contributed by atoms with Crippen LogP contribution in [0.4, 0.5) is 10.5 Å². The van der Waals surface area contributed by atoms with Gasteiger partial charge in [0.05, 0.1) is 19.8 Å². The van der Waals surface area contributed by atoms with Crippen LogP contribution in [0, 0.1) is 0 Å². The first-order valence-corrected chi connectivity index (χ1v) is 7.48. The van der Waals surface area contributed by atoms with Gasteiger partial charge in [0.25, 0.3) is 0 Å². The van der Waals surface area contributed by atoms with Crippen LogP contribution in [0.15, 0.2) is 48.5 Å². The second-order valence-corrected chi connectivity index (χ2v) is 5.05. The highest BCUT2D eigenvalue weighted by molar-refractivity contribution is 5.92.